The number of rotatable bonds is 4. The van der Waals surface area contributed by atoms with Gasteiger partial charge < -0.3 is 15.7 Å². The highest BCUT2D eigenvalue weighted by molar-refractivity contribution is 9.12. The fourth-order valence-corrected chi connectivity index (χ4v) is 1.04. The molecule has 6 heteroatoms. The van der Waals surface area contributed by atoms with E-state index in [0.29, 0.717) is 0 Å². The van der Waals surface area contributed by atoms with Gasteiger partial charge in [-0.1, -0.05) is 5.92 Å². The quantitative estimate of drug-likeness (QED) is 0.597. The first-order chi connectivity index (χ1) is 6.99. The van der Waals surface area contributed by atoms with Crippen molar-refractivity contribution in [2.45, 2.75) is 26.0 Å². The third-order valence-corrected chi connectivity index (χ3v) is 1.82. The molecule has 0 aromatic heterocycles. The van der Waals surface area contributed by atoms with Crippen LogP contribution in [0.4, 0.5) is 0 Å². The van der Waals surface area contributed by atoms with Crippen LogP contribution < -0.4 is 10.6 Å². The number of hydrogen-bond acceptors (Lipinski definition) is 3. The van der Waals surface area contributed by atoms with Crippen LogP contribution in [-0.2, 0) is 9.59 Å². The Balaban J connectivity index is 4.27. The fourth-order valence-electron chi connectivity index (χ4n) is 0.899. The van der Waals surface area contributed by atoms with Crippen LogP contribution in [0.15, 0.2) is 0 Å². The summed E-state index contributed by atoms with van der Waals surface area (Å²) in [6.45, 7) is 2.87. The highest BCUT2D eigenvalue weighted by Gasteiger charge is 2.23. The Morgan fingerprint density at radius 2 is 2.13 bits per heavy atom. The molecular weight excluding hydrogens is 264 g/mol. The molecule has 2 unspecified atom stereocenters. The van der Waals surface area contributed by atoms with Crippen molar-refractivity contribution in [2.75, 3.05) is 6.54 Å². The first-order valence-corrected chi connectivity index (χ1v) is 5.09. The molecule has 0 saturated carbocycles. The topological polar surface area (TPSA) is 78.4 Å². The molecule has 0 spiro atoms. The van der Waals surface area contributed by atoms with Gasteiger partial charge in [-0.2, -0.15) is 0 Å². The standard InChI is InChI=1S/C9H13BrN2O3/c1-6(13)8(12-7(2)14)9(15)11-5-3-4-10/h6,8,13H,5H2,1-2H3,(H,11,15)(H,12,14). The normalized spacial score (nSPS) is 13.1. The number of halogens is 1. The number of nitrogens with one attached hydrogen (secondary N) is 2. The van der Waals surface area contributed by atoms with E-state index < -0.39 is 18.1 Å². The van der Waals surface area contributed by atoms with Gasteiger partial charge in [0.1, 0.15) is 6.04 Å². The SMILES string of the molecule is CC(=O)NC(C(=O)NCC#CBr)C(C)O. The molecule has 0 heterocycles. The van der Waals surface area contributed by atoms with Crippen LogP contribution in [0.5, 0.6) is 0 Å². The number of carbonyl (C=O) groups is 2. The second-order valence-electron chi connectivity index (χ2n) is 2.91. The van der Waals surface area contributed by atoms with Crippen molar-refractivity contribution in [3.05, 3.63) is 0 Å². The third-order valence-electron chi connectivity index (χ3n) is 1.54. The lowest BCUT2D eigenvalue weighted by Crippen LogP contribution is -2.51. The minimum Gasteiger partial charge on any atom is -0.391 e. The zero-order chi connectivity index (χ0) is 11.8. The van der Waals surface area contributed by atoms with Crippen molar-refractivity contribution in [1.29, 1.82) is 0 Å². The van der Waals surface area contributed by atoms with Gasteiger partial charge in [-0.25, -0.2) is 0 Å². The Labute approximate surface area is 96.7 Å². The largest absolute Gasteiger partial charge is 0.391 e. The lowest BCUT2D eigenvalue weighted by molar-refractivity contribution is -0.130. The minimum absolute atomic E-state index is 0.160. The lowest BCUT2D eigenvalue weighted by atomic mass is 10.1. The van der Waals surface area contributed by atoms with Gasteiger partial charge in [-0.3, -0.25) is 9.59 Å². The van der Waals surface area contributed by atoms with Gasteiger partial charge in [-0.05, 0) is 11.8 Å². The second kappa shape index (κ2) is 7.26. The molecule has 3 N–H and O–H groups in total. The average molecular weight is 277 g/mol. The van der Waals surface area contributed by atoms with Gasteiger partial charge in [0, 0.05) is 22.9 Å². The van der Waals surface area contributed by atoms with E-state index in [1.807, 2.05) is 0 Å². The van der Waals surface area contributed by atoms with Crippen LogP contribution in [0.3, 0.4) is 0 Å². The molecule has 0 aliphatic heterocycles. The molecular formula is C9H13BrN2O3. The molecule has 0 fully saturated rings. The Bertz CT molecular complexity index is 293. The predicted molar refractivity (Wildman–Crippen MR) is 59.0 cm³/mol. The summed E-state index contributed by atoms with van der Waals surface area (Å²) in [5.74, 6) is 1.73. The number of hydrogen-bond donors (Lipinski definition) is 3. The van der Waals surface area contributed by atoms with Crippen molar-refractivity contribution in [2.24, 2.45) is 0 Å². The summed E-state index contributed by atoms with van der Waals surface area (Å²) in [5, 5.41) is 14.1. The molecule has 0 radical (unpaired) electrons. The smallest absolute Gasteiger partial charge is 0.246 e. The van der Waals surface area contributed by atoms with Gasteiger partial charge in [0.15, 0.2) is 0 Å². The number of amides is 2. The zero-order valence-corrected chi connectivity index (χ0v) is 10.1. The van der Waals surface area contributed by atoms with Crippen LogP contribution in [0.1, 0.15) is 13.8 Å². The van der Waals surface area contributed by atoms with Gasteiger partial charge in [0.2, 0.25) is 11.8 Å². The lowest BCUT2D eigenvalue weighted by Gasteiger charge is -2.19. The van der Waals surface area contributed by atoms with E-state index >= 15 is 0 Å². The minimum atomic E-state index is -0.953. The summed E-state index contributed by atoms with van der Waals surface area (Å²) in [6, 6.07) is -0.945. The van der Waals surface area contributed by atoms with Crippen LogP contribution in [0.2, 0.25) is 0 Å². The maximum Gasteiger partial charge on any atom is 0.246 e. The summed E-state index contributed by atoms with van der Waals surface area (Å²) in [5.41, 5.74) is 0. The van der Waals surface area contributed by atoms with Crippen molar-refractivity contribution >= 4 is 27.7 Å². The molecule has 2 amide bonds. The molecule has 0 saturated heterocycles. The summed E-state index contributed by atoms with van der Waals surface area (Å²) >= 11 is 2.87. The van der Waals surface area contributed by atoms with Gasteiger partial charge in [0.25, 0.3) is 0 Å². The second-order valence-corrected chi connectivity index (χ2v) is 3.30. The molecule has 0 aliphatic carbocycles. The first kappa shape index (κ1) is 13.9. The summed E-state index contributed by atoms with van der Waals surface area (Å²) in [7, 11) is 0. The van der Waals surface area contributed by atoms with Gasteiger partial charge >= 0.3 is 0 Å². The Hall–Kier alpha value is -1.06. The van der Waals surface area contributed by atoms with Crippen LogP contribution in [0, 0.1) is 10.8 Å². The predicted octanol–water partition coefficient (Wildman–Crippen LogP) is -0.656. The highest BCUT2D eigenvalue weighted by Crippen LogP contribution is 1.92. The van der Waals surface area contributed by atoms with E-state index in [0.717, 1.165) is 0 Å². The van der Waals surface area contributed by atoms with Crippen molar-refractivity contribution < 1.29 is 14.7 Å². The molecule has 84 valence electrons. The average Bonchev–Trinajstić information content (AvgIpc) is 2.13. The zero-order valence-electron chi connectivity index (χ0n) is 8.50. The third kappa shape index (κ3) is 6.10. The maximum atomic E-state index is 11.4. The molecule has 15 heavy (non-hydrogen) atoms. The van der Waals surface area contributed by atoms with E-state index in [-0.39, 0.29) is 12.5 Å². The molecule has 0 bridgehead atoms. The van der Waals surface area contributed by atoms with E-state index in [2.05, 4.69) is 37.3 Å². The van der Waals surface area contributed by atoms with Crippen molar-refractivity contribution in [3.63, 3.8) is 0 Å². The first-order valence-electron chi connectivity index (χ1n) is 4.30. The Morgan fingerprint density at radius 1 is 1.53 bits per heavy atom. The molecule has 2 atom stereocenters. The summed E-state index contributed by atoms with van der Waals surface area (Å²) < 4.78 is 0. The van der Waals surface area contributed by atoms with Crippen molar-refractivity contribution in [1.82, 2.24) is 10.6 Å². The van der Waals surface area contributed by atoms with Crippen LogP contribution in [-0.4, -0.2) is 35.6 Å². The van der Waals surface area contributed by atoms with E-state index in [9.17, 15) is 14.7 Å². The maximum absolute atomic E-state index is 11.4. The summed E-state index contributed by atoms with van der Waals surface area (Å²) in [6.07, 6.45) is -0.953. The molecule has 0 rings (SSSR count). The van der Waals surface area contributed by atoms with E-state index in [4.69, 9.17) is 0 Å². The van der Waals surface area contributed by atoms with Crippen molar-refractivity contribution in [3.8, 4) is 10.8 Å². The van der Waals surface area contributed by atoms with E-state index in [1.54, 1.807) is 0 Å². The summed E-state index contributed by atoms with van der Waals surface area (Å²) in [4.78, 5) is 24.6. The number of carbonyl (C=O) groups excluding carboxylic acids is 2. The fraction of sp³-hybridized carbons (Fsp3) is 0.556. The number of aliphatic hydroxyl groups is 1. The van der Waals surface area contributed by atoms with Gasteiger partial charge in [-0.15, -0.1) is 0 Å². The highest BCUT2D eigenvalue weighted by atomic mass is 79.9. The van der Waals surface area contributed by atoms with Crippen LogP contribution in [0.25, 0.3) is 0 Å². The Kier molecular flexibility index (Phi) is 6.75. The molecule has 0 aromatic rings. The molecule has 0 aromatic carbocycles. The molecule has 5 nitrogen and oxygen atoms in total. The Morgan fingerprint density at radius 3 is 2.53 bits per heavy atom. The number of aliphatic hydroxyl groups excluding tert-OH is 1. The van der Waals surface area contributed by atoms with E-state index in [1.165, 1.54) is 13.8 Å². The monoisotopic (exact) mass is 276 g/mol. The molecule has 0 aliphatic rings. The van der Waals surface area contributed by atoms with Gasteiger partial charge in [0.05, 0.1) is 12.6 Å². The van der Waals surface area contributed by atoms with Crippen LogP contribution >= 0.6 is 15.9 Å².